The van der Waals surface area contributed by atoms with E-state index < -0.39 is 0 Å². The maximum Gasteiger partial charge on any atom is 0.329 e. The van der Waals surface area contributed by atoms with Crippen LogP contribution >= 0.6 is 0 Å². The lowest BCUT2D eigenvalue weighted by molar-refractivity contribution is 0.0757. The maximum atomic E-state index is 13.0. The highest BCUT2D eigenvalue weighted by Gasteiger charge is 2.36. The number of carbonyl (C=O) groups excluding carboxylic acids is 2. The van der Waals surface area contributed by atoms with Crippen LogP contribution in [0.3, 0.4) is 0 Å². The molecule has 0 saturated carbocycles. The number of nitrogens with zero attached hydrogens (tertiary/aromatic N) is 6. The minimum Gasteiger partial charge on any atom is -0.428 e. The van der Waals surface area contributed by atoms with Gasteiger partial charge in [0.25, 0.3) is 18.8 Å². The number of carbonyl (C=O) groups is 2. The molecule has 0 unspecified atom stereocenters. The standard InChI is InChI=1S/C24H38N6O5/c25-19-33-16-10-4-1-7-13-28-22-29(14-8-2-5-11-17-34-20-26)24(32)30(23(28)31)15-9-3-6-12-18-35-21-27/h1-18,22H2. The normalized spacial score (nSPS) is 13.2. The summed E-state index contributed by atoms with van der Waals surface area (Å²) in [5, 5.41) is 25.2. The predicted octanol–water partition coefficient (Wildman–Crippen LogP) is 4.28. The number of amides is 4. The van der Waals surface area contributed by atoms with Crippen molar-refractivity contribution in [1.82, 2.24) is 14.7 Å². The van der Waals surface area contributed by atoms with Gasteiger partial charge in [0.2, 0.25) is 0 Å². The largest absolute Gasteiger partial charge is 0.428 e. The number of hydrogen-bond acceptors (Lipinski definition) is 8. The van der Waals surface area contributed by atoms with E-state index in [0.29, 0.717) is 52.5 Å². The highest BCUT2D eigenvalue weighted by molar-refractivity contribution is 5.95. The highest BCUT2D eigenvalue weighted by atomic mass is 16.5. The summed E-state index contributed by atoms with van der Waals surface area (Å²) in [6.07, 6.45) is 15.1. The smallest absolute Gasteiger partial charge is 0.329 e. The fourth-order valence-electron chi connectivity index (χ4n) is 3.87. The van der Waals surface area contributed by atoms with Gasteiger partial charge >= 0.3 is 12.1 Å². The molecule has 0 atom stereocenters. The van der Waals surface area contributed by atoms with Gasteiger partial charge in [0, 0.05) is 19.6 Å². The van der Waals surface area contributed by atoms with Crippen molar-refractivity contribution in [1.29, 1.82) is 15.8 Å². The van der Waals surface area contributed by atoms with Crippen molar-refractivity contribution in [3.63, 3.8) is 0 Å². The molecular weight excluding hydrogens is 452 g/mol. The zero-order valence-corrected chi connectivity index (χ0v) is 20.7. The Bertz CT molecular complexity index is 683. The Balaban J connectivity index is 2.52. The van der Waals surface area contributed by atoms with E-state index in [9.17, 15) is 9.59 Å². The molecule has 11 heteroatoms. The number of ether oxygens (including phenoxy) is 3. The lowest BCUT2D eigenvalue weighted by atomic mass is 10.1. The number of imide groups is 1. The van der Waals surface area contributed by atoms with E-state index >= 15 is 0 Å². The van der Waals surface area contributed by atoms with Crippen molar-refractivity contribution in [3.8, 4) is 18.8 Å². The molecule has 11 nitrogen and oxygen atoms in total. The van der Waals surface area contributed by atoms with Gasteiger partial charge in [-0.3, -0.25) is 0 Å². The molecule has 194 valence electrons. The average molecular weight is 491 g/mol. The van der Waals surface area contributed by atoms with E-state index in [1.165, 1.54) is 4.90 Å². The van der Waals surface area contributed by atoms with Crippen LogP contribution in [0.4, 0.5) is 9.59 Å². The zero-order chi connectivity index (χ0) is 25.6. The molecule has 0 radical (unpaired) electrons. The van der Waals surface area contributed by atoms with Crippen molar-refractivity contribution < 1.29 is 23.8 Å². The topological polar surface area (TPSA) is 143 Å². The summed E-state index contributed by atoms with van der Waals surface area (Å²) >= 11 is 0. The minimum absolute atomic E-state index is 0.236. The molecule has 4 amide bonds. The number of urea groups is 2. The number of nitriles is 3. The Labute approximate surface area is 208 Å². The molecule has 1 rings (SSSR count). The third-order valence-electron chi connectivity index (χ3n) is 5.76. The molecule has 35 heavy (non-hydrogen) atoms. The first-order valence-corrected chi connectivity index (χ1v) is 12.5. The fourth-order valence-corrected chi connectivity index (χ4v) is 3.87. The Morgan fingerprint density at radius 3 is 1.26 bits per heavy atom. The fraction of sp³-hybridized carbons (Fsp3) is 0.792. The second kappa shape index (κ2) is 20.0. The second-order valence-corrected chi connectivity index (χ2v) is 8.45. The van der Waals surface area contributed by atoms with Crippen LogP contribution in [0.15, 0.2) is 0 Å². The third-order valence-corrected chi connectivity index (χ3v) is 5.76. The van der Waals surface area contributed by atoms with Crippen molar-refractivity contribution >= 4 is 12.1 Å². The molecule has 0 bridgehead atoms. The Morgan fingerprint density at radius 1 is 0.543 bits per heavy atom. The molecule has 1 saturated heterocycles. The predicted molar refractivity (Wildman–Crippen MR) is 126 cm³/mol. The number of unbranched alkanes of at least 4 members (excludes halogenated alkanes) is 9. The molecule has 1 heterocycles. The lowest BCUT2D eigenvalue weighted by Gasteiger charge is -2.41. The summed E-state index contributed by atoms with van der Waals surface area (Å²) in [5.41, 5.74) is 0. The van der Waals surface area contributed by atoms with Crippen molar-refractivity contribution in [3.05, 3.63) is 0 Å². The summed E-state index contributed by atoms with van der Waals surface area (Å²) in [6.45, 7) is 3.06. The molecule has 0 aromatic carbocycles. The van der Waals surface area contributed by atoms with E-state index in [1.807, 2.05) is 0 Å². The molecule has 0 aliphatic carbocycles. The van der Waals surface area contributed by atoms with Crippen LogP contribution in [0.5, 0.6) is 0 Å². The van der Waals surface area contributed by atoms with Crippen LogP contribution in [0.2, 0.25) is 0 Å². The molecular formula is C24H38N6O5. The van der Waals surface area contributed by atoms with Crippen LogP contribution in [0, 0.1) is 34.6 Å². The molecule has 1 fully saturated rings. The summed E-state index contributed by atoms with van der Waals surface area (Å²) in [4.78, 5) is 30.9. The Kier molecular flexibility index (Phi) is 17.0. The summed E-state index contributed by atoms with van der Waals surface area (Å²) in [6, 6.07) is -0.471. The van der Waals surface area contributed by atoms with Crippen LogP contribution in [-0.2, 0) is 14.2 Å². The highest BCUT2D eigenvalue weighted by Crippen LogP contribution is 2.17. The molecule has 1 aliphatic heterocycles. The van der Waals surface area contributed by atoms with Gasteiger partial charge in [0.15, 0.2) is 0 Å². The summed E-state index contributed by atoms with van der Waals surface area (Å²) in [5.74, 6) is 0. The van der Waals surface area contributed by atoms with Crippen LogP contribution in [0.25, 0.3) is 0 Å². The quantitative estimate of drug-likeness (QED) is 0.171. The van der Waals surface area contributed by atoms with Crippen molar-refractivity contribution in [2.45, 2.75) is 77.0 Å². The lowest BCUT2D eigenvalue weighted by Crippen LogP contribution is -2.61. The first kappa shape index (κ1) is 29.6. The Morgan fingerprint density at radius 2 is 0.886 bits per heavy atom. The summed E-state index contributed by atoms with van der Waals surface area (Å²) in [7, 11) is 0. The van der Waals surface area contributed by atoms with Crippen LogP contribution < -0.4 is 0 Å². The molecule has 0 aromatic rings. The van der Waals surface area contributed by atoms with Gasteiger partial charge in [0.1, 0.15) is 19.8 Å². The second-order valence-electron chi connectivity index (χ2n) is 8.45. The van der Waals surface area contributed by atoms with Gasteiger partial charge < -0.3 is 24.0 Å². The monoisotopic (exact) mass is 490 g/mol. The van der Waals surface area contributed by atoms with Gasteiger partial charge in [-0.05, 0) is 57.8 Å². The molecule has 1 aliphatic rings. The van der Waals surface area contributed by atoms with Gasteiger partial charge in [-0.15, -0.1) is 0 Å². The maximum absolute atomic E-state index is 13.0. The van der Waals surface area contributed by atoms with Gasteiger partial charge in [0.05, 0.1) is 6.67 Å². The van der Waals surface area contributed by atoms with Crippen molar-refractivity contribution in [2.24, 2.45) is 0 Å². The first-order chi connectivity index (χ1) is 17.2. The van der Waals surface area contributed by atoms with E-state index in [1.54, 1.807) is 28.6 Å². The van der Waals surface area contributed by atoms with E-state index in [2.05, 4.69) is 14.2 Å². The van der Waals surface area contributed by atoms with Crippen molar-refractivity contribution in [2.75, 3.05) is 46.1 Å². The van der Waals surface area contributed by atoms with Crippen LogP contribution in [0.1, 0.15) is 77.0 Å². The van der Waals surface area contributed by atoms with E-state index in [0.717, 1.165) is 70.6 Å². The van der Waals surface area contributed by atoms with Gasteiger partial charge in [-0.1, -0.05) is 19.3 Å². The molecule has 0 spiro atoms. The van der Waals surface area contributed by atoms with E-state index in [-0.39, 0.29) is 12.1 Å². The number of rotatable bonds is 21. The SMILES string of the molecule is N#COCCCCCCN1CN(CCCCCCOC#N)C(=O)N(CCCCCCOC#N)C1=O. The molecule has 0 aromatic heterocycles. The third kappa shape index (κ3) is 13.2. The van der Waals surface area contributed by atoms with Gasteiger partial charge in [-0.2, -0.15) is 15.8 Å². The average Bonchev–Trinajstić information content (AvgIpc) is 2.86. The first-order valence-electron chi connectivity index (χ1n) is 12.5. The number of hydrogen-bond donors (Lipinski definition) is 0. The zero-order valence-electron chi connectivity index (χ0n) is 20.7. The van der Waals surface area contributed by atoms with Crippen LogP contribution in [-0.4, -0.2) is 72.9 Å². The van der Waals surface area contributed by atoms with E-state index in [4.69, 9.17) is 15.8 Å². The Hall–Kier alpha value is -3.39. The summed E-state index contributed by atoms with van der Waals surface area (Å²) < 4.78 is 14.0. The minimum atomic E-state index is -0.236. The molecule has 0 N–H and O–H groups in total. The van der Waals surface area contributed by atoms with Gasteiger partial charge in [-0.25, -0.2) is 14.5 Å².